The summed E-state index contributed by atoms with van der Waals surface area (Å²) in [5.74, 6) is -0.174. The van der Waals surface area contributed by atoms with Crippen LogP contribution in [0.25, 0.3) is 0 Å². The minimum atomic E-state index is -0.174. The Labute approximate surface area is 117 Å². The van der Waals surface area contributed by atoms with Gasteiger partial charge in [-0.05, 0) is 44.0 Å². The van der Waals surface area contributed by atoms with Crippen molar-refractivity contribution in [3.05, 3.63) is 57.9 Å². The number of carbonyl (C=O) groups excluding carboxylic acids is 1. The van der Waals surface area contributed by atoms with Crippen LogP contribution < -0.4 is 5.32 Å². The molecule has 98 valence electrons. The van der Waals surface area contributed by atoms with E-state index in [0.717, 1.165) is 16.7 Å². The molecule has 1 aromatic carbocycles. The van der Waals surface area contributed by atoms with Crippen LogP contribution in [0.15, 0.2) is 30.5 Å². The number of pyridine rings is 1. The van der Waals surface area contributed by atoms with Gasteiger partial charge in [0.2, 0.25) is 0 Å². The molecule has 0 atom stereocenters. The SMILES string of the molecule is Cc1ccc(C(=O)Nc2cc(C)cnc2Cl)c(C)c1. The van der Waals surface area contributed by atoms with Gasteiger partial charge in [-0.15, -0.1) is 0 Å². The highest BCUT2D eigenvalue weighted by molar-refractivity contribution is 6.32. The number of anilines is 1. The number of carbonyl (C=O) groups is 1. The Morgan fingerprint density at radius 2 is 1.89 bits per heavy atom. The number of aromatic nitrogens is 1. The van der Waals surface area contributed by atoms with Gasteiger partial charge in [-0.1, -0.05) is 29.3 Å². The fraction of sp³-hybridized carbons (Fsp3) is 0.200. The minimum absolute atomic E-state index is 0.174. The third-order valence-corrected chi connectivity index (χ3v) is 3.15. The van der Waals surface area contributed by atoms with E-state index in [1.54, 1.807) is 12.3 Å². The van der Waals surface area contributed by atoms with Crippen molar-refractivity contribution < 1.29 is 4.79 Å². The number of amides is 1. The van der Waals surface area contributed by atoms with Crippen molar-refractivity contribution in [1.82, 2.24) is 4.98 Å². The molecule has 1 aromatic heterocycles. The number of nitrogens with one attached hydrogen (secondary N) is 1. The van der Waals surface area contributed by atoms with E-state index < -0.39 is 0 Å². The van der Waals surface area contributed by atoms with Gasteiger partial charge in [-0.25, -0.2) is 4.98 Å². The molecule has 1 amide bonds. The summed E-state index contributed by atoms with van der Waals surface area (Å²) in [5, 5.41) is 3.09. The largest absolute Gasteiger partial charge is 0.319 e. The molecule has 4 heteroatoms. The summed E-state index contributed by atoms with van der Waals surface area (Å²) in [5.41, 5.74) is 4.19. The van der Waals surface area contributed by atoms with Crippen LogP contribution in [-0.2, 0) is 0 Å². The van der Waals surface area contributed by atoms with E-state index in [1.807, 2.05) is 39.0 Å². The smallest absolute Gasteiger partial charge is 0.256 e. The molecular weight excluding hydrogens is 260 g/mol. The average Bonchev–Trinajstić information content (AvgIpc) is 2.33. The first-order valence-electron chi connectivity index (χ1n) is 5.98. The number of nitrogens with zero attached hydrogens (tertiary/aromatic N) is 1. The second-order valence-electron chi connectivity index (χ2n) is 4.62. The van der Waals surface area contributed by atoms with Crippen molar-refractivity contribution in [2.75, 3.05) is 5.32 Å². The molecule has 2 aromatic rings. The molecule has 0 saturated carbocycles. The van der Waals surface area contributed by atoms with Gasteiger partial charge in [-0.2, -0.15) is 0 Å². The Hall–Kier alpha value is -1.87. The van der Waals surface area contributed by atoms with Crippen molar-refractivity contribution in [2.45, 2.75) is 20.8 Å². The Bertz CT molecular complexity index is 638. The zero-order valence-electron chi connectivity index (χ0n) is 11.1. The highest BCUT2D eigenvalue weighted by Gasteiger charge is 2.11. The monoisotopic (exact) mass is 274 g/mol. The van der Waals surface area contributed by atoms with Crippen LogP contribution in [0.5, 0.6) is 0 Å². The molecule has 0 aliphatic carbocycles. The maximum absolute atomic E-state index is 12.2. The molecule has 2 rings (SSSR count). The van der Waals surface area contributed by atoms with Crippen molar-refractivity contribution in [3.63, 3.8) is 0 Å². The highest BCUT2D eigenvalue weighted by atomic mass is 35.5. The lowest BCUT2D eigenvalue weighted by Crippen LogP contribution is -2.14. The number of hydrogen-bond acceptors (Lipinski definition) is 2. The van der Waals surface area contributed by atoms with Gasteiger partial charge in [0, 0.05) is 11.8 Å². The van der Waals surface area contributed by atoms with Gasteiger partial charge in [0.15, 0.2) is 5.15 Å². The zero-order valence-corrected chi connectivity index (χ0v) is 11.9. The Morgan fingerprint density at radius 1 is 1.16 bits per heavy atom. The molecule has 0 bridgehead atoms. The van der Waals surface area contributed by atoms with Crippen LogP contribution in [0, 0.1) is 20.8 Å². The Balaban J connectivity index is 2.28. The molecule has 3 nitrogen and oxygen atoms in total. The molecule has 1 N–H and O–H groups in total. The number of halogens is 1. The van der Waals surface area contributed by atoms with Crippen LogP contribution in [-0.4, -0.2) is 10.9 Å². The number of benzene rings is 1. The third-order valence-electron chi connectivity index (χ3n) is 2.85. The normalized spacial score (nSPS) is 10.3. The van der Waals surface area contributed by atoms with Crippen LogP contribution in [0.2, 0.25) is 5.15 Å². The topological polar surface area (TPSA) is 42.0 Å². The van der Waals surface area contributed by atoms with E-state index in [2.05, 4.69) is 10.3 Å². The van der Waals surface area contributed by atoms with Gasteiger partial charge >= 0.3 is 0 Å². The van der Waals surface area contributed by atoms with Gasteiger partial charge in [0.1, 0.15) is 0 Å². The van der Waals surface area contributed by atoms with Gasteiger partial charge in [0.05, 0.1) is 5.69 Å². The summed E-state index contributed by atoms with van der Waals surface area (Å²) in [6.07, 6.45) is 1.66. The molecule has 0 spiro atoms. The number of hydrogen-bond donors (Lipinski definition) is 1. The Morgan fingerprint density at radius 3 is 2.58 bits per heavy atom. The fourth-order valence-corrected chi connectivity index (χ4v) is 2.05. The summed E-state index contributed by atoms with van der Waals surface area (Å²) in [4.78, 5) is 16.2. The maximum atomic E-state index is 12.2. The zero-order chi connectivity index (χ0) is 14.0. The molecule has 0 fully saturated rings. The second kappa shape index (κ2) is 5.41. The summed E-state index contributed by atoms with van der Waals surface area (Å²) in [6, 6.07) is 7.51. The second-order valence-corrected chi connectivity index (χ2v) is 4.98. The van der Waals surface area contributed by atoms with Crippen LogP contribution in [0.1, 0.15) is 27.0 Å². The van der Waals surface area contributed by atoms with Gasteiger partial charge in [0.25, 0.3) is 5.91 Å². The first kappa shape index (κ1) is 13.6. The molecule has 1 heterocycles. The molecule has 19 heavy (non-hydrogen) atoms. The van der Waals surface area contributed by atoms with Crippen LogP contribution >= 0.6 is 11.6 Å². The molecular formula is C15H15ClN2O. The Kier molecular flexibility index (Phi) is 3.86. The van der Waals surface area contributed by atoms with E-state index in [1.165, 1.54) is 0 Å². The maximum Gasteiger partial charge on any atom is 0.256 e. The van der Waals surface area contributed by atoms with Gasteiger partial charge in [-0.3, -0.25) is 4.79 Å². The minimum Gasteiger partial charge on any atom is -0.319 e. The van der Waals surface area contributed by atoms with E-state index in [9.17, 15) is 4.79 Å². The number of aryl methyl sites for hydroxylation is 3. The lowest BCUT2D eigenvalue weighted by molar-refractivity contribution is 0.102. The summed E-state index contributed by atoms with van der Waals surface area (Å²) >= 11 is 5.97. The number of rotatable bonds is 2. The standard InChI is InChI=1S/C15H15ClN2O/c1-9-4-5-12(11(3)6-9)15(19)18-13-7-10(2)8-17-14(13)16/h4-8H,1-3H3,(H,18,19). The predicted octanol–water partition coefficient (Wildman–Crippen LogP) is 3.91. The van der Waals surface area contributed by atoms with E-state index >= 15 is 0 Å². The van der Waals surface area contributed by atoms with E-state index in [4.69, 9.17) is 11.6 Å². The average molecular weight is 275 g/mol. The summed E-state index contributed by atoms with van der Waals surface area (Å²) in [7, 11) is 0. The van der Waals surface area contributed by atoms with Crippen LogP contribution in [0.3, 0.4) is 0 Å². The molecule has 0 aliphatic heterocycles. The highest BCUT2D eigenvalue weighted by Crippen LogP contribution is 2.21. The van der Waals surface area contributed by atoms with Crippen molar-refractivity contribution >= 4 is 23.2 Å². The van der Waals surface area contributed by atoms with Gasteiger partial charge < -0.3 is 5.32 Å². The molecule has 0 saturated heterocycles. The van der Waals surface area contributed by atoms with Crippen molar-refractivity contribution in [1.29, 1.82) is 0 Å². The van der Waals surface area contributed by atoms with Crippen LogP contribution in [0.4, 0.5) is 5.69 Å². The van der Waals surface area contributed by atoms with E-state index in [0.29, 0.717) is 16.4 Å². The molecule has 0 aliphatic rings. The lowest BCUT2D eigenvalue weighted by atomic mass is 10.1. The third kappa shape index (κ3) is 3.12. The quantitative estimate of drug-likeness (QED) is 0.844. The van der Waals surface area contributed by atoms with Crippen molar-refractivity contribution in [2.24, 2.45) is 0 Å². The molecule has 0 radical (unpaired) electrons. The first-order chi connectivity index (χ1) is 8.97. The fourth-order valence-electron chi connectivity index (χ4n) is 1.90. The molecule has 0 unspecified atom stereocenters. The summed E-state index contributed by atoms with van der Waals surface area (Å²) in [6.45, 7) is 5.81. The lowest BCUT2D eigenvalue weighted by Gasteiger charge is -2.09. The first-order valence-corrected chi connectivity index (χ1v) is 6.36. The predicted molar refractivity (Wildman–Crippen MR) is 77.9 cm³/mol. The summed E-state index contributed by atoms with van der Waals surface area (Å²) < 4.78 is 0. The van der Waals surface area contributed by atoms with E-state index in [-0.39, 0.29) is 5.91 Å². The van der Waals surface area contributed by atoms with Crippen molar-refractivity contribution in [3.8, 4) is 0 Å².